The van der Waals surface area contributed by atoms with E-state index in [4.69, 9.17) is 8.23 Å². The van der Waals surface area contributed by atoms with E-state index in [2.05, 4.69) is 64.5 Å². The highest BCUT2D eigenvalue weighted by Gasteiger charge is 2.39. The number of rotatable bonds is 5. The predicted molar refractivity (Wildman–Crippen MR) is 74.2 cm³/mol. The van der Waals surface area contributed by atoms with Crippen LogP contribution in [0, 0.1) is 0 Å². The molecule has 0 aromatic carbocycles. The second-order valence-corrected chi connectivity index (χ2v) is 18.5. The van der Waals surface area contributed by atoms with Gasteiger partial charge < -0.3 is 12.8 Å². The van der Waals surface area contributed by atoms with E-state index >= 15 is 0 Å². The fourth-order valence-electron chi connectivity index (χ4n) is 1.45. The summed E-state index contributed by atoms with van der Waals surface area (Å²) in [7, 11) is -0.988. The van der Waals surface area contributed by atoms with Crippen LogP contribution in [0.2, 0.25) is 45.8 Å². The zero-order valence-corrected chi connectivity index (χ0v) is 14.8. The Morgan fingerprint density at radius 1 is 0.733 bits per heavy atom. The summed E-state index contributed by atoms with van der Waals surface area (Å²) in [6.07, 6.45) is 0. The van der Waals surface area contributed by atoms with Crippen LogP contribution in [0.15, 0.2) is 0 Å². The van der Waals surface area contributed by atoms with Crippen molar-refractivity contribution >= 4 is 25.4 Å². The van der Waals surface area contributed by atoms with Crippen molar-refractivity contribution in [2.45, 2.75) is 45.8 Å². The van der Waals surface area contributed by atoms with Gasteiger partial charge in [-0.15, -0.1) is 0 Å². The van der Waals surface area contributed by atoms with Crippen molar-refractivity contribution in [2.24, 2.45) is 0 Å². The van der Waals surface area contributed by atoms with Crippen LogP contribution in [0.1, 0.15) is 0 Å². The molecule has 0 saturated carbocycles. The highest BCUT2D eigenvalue weighted by molar-refractivity contribution is 6.86. The van der Waals surface area contributed by atoms with Gasteiger partial charge in [-0.25, -0.2) is 0 Å². The van der Waals surface area contributed by atoms with Gasteiger partial charge in [0.05, 0.1) is 0 Å². The van der Waals surface area contributed by atoms with E-state index in [1.54, 1.807) is 0 Å². The lowest BCUT2D eigenvalue weighted by molar-refractivity contribution is 0.355. The average Bonchev–Trinajstić information content (AvgIpc) is 1.75. The van der Waals surface area contributed by atoms with E-state index in [0.29, 0.717) is 0 Å². The topological polar surface area (TPSA) is 21.7 Å². The molecule has 0 aliphatic rings. The van der Waals surface area contributed by atoms with Crippen molar-refractivity contribution < 1.29 is 8.23 Å². The van der Waals surface area contributed by atoms with Gasteiger partial charge in [0.25, 0.3) is 8.48 Å². The van der Waals surface area contributed by atoms with Crippen LogP contribution in [-0.2, 0) is 8.23 Å². The lowest BCUT2D eigenvalue weighted by atomic mass is 11.3. The van der Waals surface area contributed by atoms with Gasteiger partial charge in [-0.05, 0) is 59.9 Å². The highest BCUT2D eigenvalue weighted by atomic mass is 28.5. The zero-order chi connectivity index (χ0) is 12.5. The first-order valence-corrected chi connectivity index (χ1v) is 14.5. The summed E-state index contributed by atoms with van der Waals surface area (Å²) in [6.45, 7) is 15.4. The molecule has 0 saturated heterocycles. The molecule has 0 aliphatic carbocycles. The standard InChI is InChI=1S/C9H27NO2Si3/c1-10(2)14(6,7)12-15(8,9)11-13(3,4)5/h1-9H3. The molecule has 0 N–H and O–H groups in total. The second-order valence-electron chi connectivity index (χ2n) is 6.06. The lowest BCUT2D eigenvalue weighted by Crippen LogP contribution is -2.57. The summed E-state index contributed by atoms with van der Waals surface area (Å²) in [5.74, 6) is 0. The molecule has 6 heteroatoms. The Labute approximate surface area is 98.4 Å². The molecule has 0 amide bonds. The molecule has 0 heterocycles. The maximum Gasteiger partial charge on any atom is 0.312 e. The Kier molecular flexibility index (Phi) is 4.97. The van der Waals surface area contributed by atoms with E-state index in [1.807, 2.05) is 0 Å². The van der Waals surface area contributed by atoms with Crippen LogP contribution >= 0.6 is 0 Å². The quantitative estimate of drug-likeness (QED) is 0.714. The van der Waals surface area contributed by atoms with E-state index in [9.17, 15) is 0 Å². The molecule has 0 aromatic rings. The molecule has 0 spiro atoms. The zero-order valence-electron chi connectivity index (χ0n) is 11.8. The van der Waals surface area contributed by atoms with Crippen LogP contribution in [0.3, 0.4) is 0 Å². The van der Waals surface area contributed by atoms with Crippen LogP contribution in [0.25, 0.3) is 0 Å². The Morgan fingerprint density at radius 3 is 1.40 bits per heavy atom. The first-order valence-electron chi connectivity index (χ1n) is 5.43. The monoisotopic (exact) mass is 265 g/mol. The summed E-state index contributed by atoms with van der Waals surface area (Å²) in [6, 6.07) is 0. The molecule has 0 bridgehead atoms. The van der Waals surface area contributed by atoms with Gasteiger partial charge in [-0.1, -0.05) is 0 Å². The number of hydrogen-bond donors (Lipinski definition) is 0. The fraction of sp³-hybridized carbons (Fsp3) is 1.00. The molecule has 0 aromatic heterocycles. The molecule has 0 aliphatic heterocycles. The minimum atomic E-state index is -1.96. The van der Waals surface area contributed by atoms with Crippen molar-refractivity contribution in [3.8, 4) is 0 Å². The van der Waals surface area contributed by atoms with E-state index in [0.717, 1.165) is 0 Å². The third-order valence-electron chi connectivity index (χ3n) is 2.12. The molecule has 0 rings (SSSR count). The molecule has 3 nitrogen and oxygen atoms in total. The molecular weight excluding hydrogens is 238 g/mol. The van der Waals surface area contributed by atoms with Gasteiger partial charge in [0.15, 0.2) is 8.32 Å². The van der Waals surface area contributed by atoms with Crippen LogP contribution in [0.4, 0.5) is 0 Å². The van der Waals surface area contributed by atoms with Crippen molar-refractivity contribution in [1.29, 1.82) is 0 Å². The molecule has 0 atom stereocenters. The predicted octanol–water partition coefficient (Wildman–Crippen LogP) is 2.82. The lowest BCUT2D eigenvalue weighted by Gasteiger charge is -2.40. The van der Waals surface area contributed by atoms with Gasteiger partial charge in [0, 0.05) is 0 Å². The van der Waals surface area contributed by atoms with E-state index < -0.39 is 25.4 Å². The first kappa shape index (κ1) is 15.5. The Balaban J connectivity index is 4.51. The van der Waals surface area contributed by atoms with Gasteiger partial charge in [0.1, 0.15) is 0 Å². The minimum absolute atomic E-state index is 1.49. The smallest absolute Gasteiger partial charge is 0.312 e. The summed E-state index contributed by atoms with van der Waals surface area (Å²) in [5.41, 5.74) is 0. The maximum absolute atomic E-state index is 6.28. The Hall–Kier alpha value is 0.531. The largest absolute Gasteiger partial charge is 0.437 e. The second kappa shape index (κ2) is 4.80. The van der Waals surface area contributed by atoms with Gasteiger partial charge in [0.2, 0.25) is 0 Å². The maximum atomic E-state index is 6.28. The van der Waals surface area contributed by atoms with Gasteiger partial charge >= 0.3 is 8.56 Å². The minimum Gasteiger partial charge on any atom is -0.437 e. The molecule has 0 radical (unpaired) electrons. The van der Waals surface area contributed by atoms with Crippen molar-refractivity contribution in [1.82, 2.24) is 4.57 Å². The first-order chi connectivity index (χ1) is 6.36. The fourth-order valence-corrected chi connectivity index (χ4v) is 13.4. The van der Waals surface area contributed by atoms with Crippen molar-refractivity contribution in [2.75, 3.05) is 14.1 Å². The third-order valence-corrected chi connectivity index (χ3v) is 12.7. The van der Waals surface area contributed by atoms with Gasteiger partial charge in [-0.3, -0.25) is 0 Å². The SMILES string of the molecule is CN(C)[Si](C)(C)O[Si](C)(C)O[Si](C)(C)C. The van der Waals surface area contributed by atoms with Crippen LogP contribution in [-0.4, -0.2) is 44.0 Å². The number of nitrogens with zero attached hydrogens (tertiary/aromatic N) is 1. The van der Waals surface area contributed by atoms with Gasteiger partial charge in [-0.2, -0.15) is 0 Å². The molecular formula is C9H27NO2Si3. The third kappa shape index (κ3) is 6.64. The summed E-state index contributed by atoms with van der Waals surface area (Å²) >= 11 is 0. The Morgan fingerprint density at radius 2 is 1.13 bits per heavy atom. The van der Waals surface area contributed by atoms with Crippen LogP contribution in [0.5, 0.6) is 0 Å². The van der Waals surface area contributed by atoms with Crippen molar-refractivity contribution in [3.05, 3.63) is 0 Å². The van der Waals surface area contributed by atoms with Crippen molar-refractivity contribution in [3.63, 3.8) is 0 Å². The Bertz CT molecular complexity index is 212. The summed E-state index contributed by atoms with van der Waals surface area (Å²) in [5, 5.41) is 0. The average molecular weight is 266 g/mol. The van der Waals surface area contributed by atoms with Crippen LogP contribution < -0.4 is 0 Å². The highest BCUT2D eigenvalue weighted by Crippen LogP contribution is 2.20. The molecule has 0 fully saturated rings. The molecule has 15 heavy (non-hydrogen) atoms. The summed E-state index contributed by atoms with van der Waals surface area (Å²) < 4.78 is 14.7. The normalized spacial score (nSPS) is 14.8. The molecule has 0 unspecified atom stereocenters. The number of hydrogen-bond acceptors (Lipinski definition) is 3. The molecule has 92 valence electrons. The summed E-state index contributed by atoms with van der Waals surface area (Å²) in [4.78, 5) is 0. The van der Waals surface area contributed by atoms with E-state index in [-0.39, 0.29) is 0 Å². The van der Waals surface area contributed by atoms with E-state index in [1.165, 1.54) is 0 Å².